The summed E-state index contributed by atoms with van der Waals surface area (Å²) in [6, 6.07) is 17.8. The lowest BCUT2D eigenvalue weighted by atomic mass is 10.1. The van der Waals surface area contributed by atoms with E-state index >= 15 is 0 Å². The van der Waals surface area contributed by atoms with Crippen molar-refractivity contribution < 1.29 is 9.13 Å². The molecule has 0 saturated carbocycles. The lowest BCUT2D eigenvalue weighted by Gasteiger charge is -2.09. The topological polar surface area (TPSA) is 60.5 Å². The number of halogens is 2. The van der Waals surface area contributed by atoms with Crippen molar-refractivity contribution in [3.8, 4) is 5.75 Å². The molecule has 0 spiro atoms. The standard InChI is InChI=1S/C21H20FN3O.ClH/c1-15-5-2-3-6-17(15)13-20(23)25-21-19(7-4-12-24-21)26-14-16-8-10-18(22)11-9-16;/h2-12H,13-14H2,1H3,(H2,23,24,25);1H. The molecule has 27 heavy (non-hydrogen) atoms. The van der Waals surface area contributed by atoms with Crippen molar-refractivity contribution in [1.82, 2.24) is 4.98 Å². The van der Waals surface area contributed by atoms with Crippen LogP contribution in [0.3, 0.4) is 0 Å². The van der Waals surface area contributed by atoms with Gasteiger partial charge in [0.1, 0.15) is 18.3 Å². The highest BCUT2D eigenvalue weighted by molar-refractivity contribution is 5.86. The molecule has 0 aliphatic rings. The molecule has 0 atom stereocenters. The predicted molar refractivity (Wildman–Crippen MR) is 108 cm³/mol. The van der Waals surface area contributed by atoms with Gasteiger partial charge in [0.15, 0.2) is 11.6 Å². The highest BCUT2D eigenvalue weighted by atomic mass is 35.5. The van der Waals surface area contributed by atoms with Crippen molar-refractivity contribution in [2.24, 2.45) is 10.7 Å². The van der Waals surface area contributed by atoms with Gasteiger partial charge in [0.2, 0.25) is 0 Å². The van der Waals surface area contributed by atoms with Crippen LogP contribution in [0.5, 0.6) is 5.75 Å². The molecule has 3 aromatic rings. The highest BCUT2D eigenvalue weighted by Gasteiger charge is 2.07. The zero-order valence-electron chi connectivity index (χ0n) is 14.9. The first-order valence-electron chi connectivity index (χ1n) is 8.31. The number of nitrogens with zero attached hydrogens (tertiary/aromatic N) is 2. The first-order valence-corrected chi connectivity index (χ1v) is 8.31. The first kappa shape index (κ1) is 20.4. The Balaban J connectivity index is 0.00000261. The molecule has 0 aliphatic carbocycles. The van der Waals surface area contributed by atoms with Gasteiger partial charge in [-0.3, -0.25) is 0 Å². The molecule has 0 unspecified atom stereocenters. The fraction of sp³-hybridized carbons (Fsp3) is 0.143. The number of rotatable bonds is 6. The molecule has 0 aliphatic heterocycles. The monoisotopic (exact) mass is 385 g/mol. The van der Waals surface area contributed by atoms with Gasteiger partial charge in [-0.05, 0) is 47.9 Å². The SMILES string of the molecule is Cc1ccccc1C/C(N)=N/c1ncccc1OCc1ccc(F)cc1.Cl. The zero-order valence-corrected chi connectivity index (χ0v) is 15.7. The molecule has 0 bridgehead atoms. The van der Waals surface area contributed by atoms with E-state index in [2.05, 4.69) is 9.98 Å². The van der Waals surface area contributed by atoms with Gasteiger partial charge in [0.05, 0.1) is 0 Å². The average Bonchev–Trinajstić information content (AvgIpc) is 2.64. The molecule has 1 heterocycles. The molecule has 2 aromatic carbocycles. The van der Waals surface area contributed by atoms with E-state index in [1.807, 2.05) is 31.2 Å². The second-order valence-corrected chi connectivity index (χ2v) is 5.95. The van der Waals surface area contributed by atoms with Crippen LogP contribution in [0, 0.1) is 12.7 Å². The maximum Gasteiger partial charge on any atom is 0.196 e. The van der Waals surface area contributed by atoms with Crippen LogP contribution < -0.4 is 10.5 Å². The van der Waals surface area contributed by atoms with Gasteiger partial charge >= 0.3 is 0 Å². The summed E-state index contributed by atoms with van der Waals surface area (Å²) in [5.41, 5.74) is 9.26. The van der Waals surface area contributed by atoms with Crippen LogP contribution in [-0.2, 0) is 13.0 Å². The minimum Gasteiger partial charge on any atom is -0.485 e. The second kappa shape index (κ2) is 9.69. The molecule has 3 rings (SSSR count). The van der Waals surface area contributed by atoms with Gasteiger partial charge < -0.3 is 10.5 Å². The van der Waals surface area contributed by atoms with E-state index in [1.165, 1.54) is 17.7 Å². The van der Waals surface area contributed by atoms with Gasteiger partial charge in [0, 0.05) is 12.6 Å². The average molecular weight is 386 g/mol. The third kappa shape index (κ3) is 5.79. The van der Waals surface area contributed by atoms with Crippen LogP contribution in [0.2, 0.25) is 0 Å². The number of aryl methyl sites for hydroxylation is 1. The lowest BCUT2D eigenvalue weighted by Crippen LogP contribution is -2.15. The van der Waals surface area contributed by atoms with E-state index in [1.54, 1.807) is 30.5 Å². The van der Waals surface area contributed by atoms with E-state index in [4.69, 9.17) is 10.5 Å². The Bertz CT molecular complexity index is 913. The zero-order chi connectivity index (χ0) is 18.4. The maximum absolute atomic E-state index is 13.0. The van der Waals surface area contributed by atoms with Gasteiger partial charge in [-0.2, -0.15) is 0 Å². The first-order chi connectivity index (χ1) is 12.6. The number of benzene rings is 2. The summed E-state index contributed by atoms with van der Waals surface area (Å²) in [5.74, 6) is 1.15. The molecule has 6 heteroatoms. The van der Waals surface area contributed by atoms with Crippen LogP contribution in [0.4, 0.5) is 10.2 Å². The van der Waals surface area contributed by atoms with Crippen molar-refractivity contribution in [2.75, 3.05) is 0 Å². The summed E-state index contributed by atoms with van der Waals surface area (Å²) in [4.78, 5) is 8.68. The van der Waals surface area contributed by atoms with E-state index in [0.717, 1.165) is 11.1 Å². The maximum atomic E-state index is 13.0. The number of aromatic nitrogens is 1. The lowest BCUT2D eigenvalue weighted by molar-refractivity contribution is 0.306. The van der Waals surface area contributed by atoms with Crippen molar-refractivity contribution in [2.45, 2.75) is 20.0 Å². The normalized spacial score (nSPS) is 11.0. The Labute approximate surface area is 164 Å². The largest absolute Gasteiger partial charge is 0.485 e. The highest BCUT2D eigenvalue weighted by Crippen LogP contribution is 2.25. The molecule has 0 saturated heterocycles. The van der Waals surface area contributed by atoms with E-state index in [9.17, 15) is 4.39 Å². The summed E-state index contributed by atoms with van der Waals surface area (Å²) in [6.07, 6.45) is 2.19. The fourth-order valence-corrected chi connectivity index (χ4v) is 2.50. The number of hydrogen-bond acceptors (Lipinski definition) is 3. The summed E-state index contributed by atoms with van der Waals surface area (Å²) >= 11 is 0. The van der Waals surface area contributed by atoms with Crippen LogP contribution in [-0.4, -0.2) is 10.8 Å². The number of nitrogens with two attached hydrogens (primary N) is 1. The Kier molecular flexibility index (Phi) is 7.32. The molecule has 140 valence electrons. The van der Waals surface area contributed by atoms with Crippen molar-refractivity contribution in [3.63, 3.8) is 0 Å². The molecular formula is C21H21ClFN3O. The second-order valence-electron chi connectivity index (χ2n) is 5.95. The minimum atomic E-state index is -0.274. The van der Waals surface area contributed by atoms with Gasteiger partial charge in [-0.1, -0.05) is 36.4 Å². The molecule has 1 aromatic heterocycles. The molecular weight excluding hydrogens is 365 g/mol. The van der Waals surface area contributed by atoms with E-state index in [-0.39, 0.29) is 18.2 Å². The van der Waals surface area contributed by atoms with Gasteiger partial charge in [-0.15, -0.1) is 12.4 Å². The number of pyridine rings is 1. The molecule has 2 N–H and O–H groups in total. The van der Waals surface area contributed by atoms with Gasteiger partial charge in [-0.25, -0.2) is 14.4 Å². The smallest absolute Gasteiger partial charge is 0.196 e. The molecule has 0 fully saturated rings. The molecule has 0 radical (unpaired) electrons. The molecule has 0 amide bonds. The Morgan fingerprint density at radius 1 is 1.07 bits per heavy atom. The predicted octanol–water partition coefficient (Wildman–Crippen LogP) is 4.76. The number of hydrogen-bond donors (Lipinski definition) is 1. The Hall–Kier alpha value is -2.92. The minimum absolute atomic E-state index is 0. The summed E-state index contributed by atoms with van der Waals surface area (Å²) in [7, 11) is 0. The van der Waals surface area contributed by atoms with Crippen LogP contribution in [0.1, 0.15) is 16.7 Å². The third-order valence-corrected chi connectivity index (χ3v) is 3.94. The van der Waals surface area contributed by atoms with Crippen molar-refractivity contribution >= 4 is 24.1 Å². The number of ether oxygens (including phenoxy) is 1. The van der Waals surface area contributed by atoms with Crippen LogP contribution in [0.15, 0.2) is 71.9 Å². The number of aliphatic imine (C=N–C) groups is 1. The molecule has 4 nitrogen and oxygen atoms in total. The summed E-state index contributed by atoms with van der Waals surface area (Å²) in [5, 5.41) is 0. The van der Waals surface area contributed by atoms with Crippen LogP contribution >= 0.6 is 12.4 Å². The van der Waals surface area contributed by atoms with Crippen LogP contribution in [0.25, 0.3) is 0 Å². The Morgan fingerprint density at radius 3 is 2.56 bits per heavy atom. The fourth-order valence-electron chi connectivity index (χ4n) is 2.50. The summed E-state index contributed by atoms with van der Waals surface area (Å²) in [6.45, 7) is 2.34. The van der Waals surface area contributed by atoms with E-state index in [0.29, 0.717) is 30.4 Å². The van der Waals surface area contributed by atoms with Gasteiger partial charge in [0.25, 0.3) is 0 Å². The van der Waals surface area contributed by atoms with E-state index < -0.39 is 0 Å². The third-order valence-electron chi connectivity index (χ3n) is 3.94. The van der Waals surface area contributed by atoms with Crippen molar-refractivity contribution in [1.29, 1.82) is 0 Å². The Morgan fingerprint density at radius 2 is 1.81 bits per heavy atom. The summed E-state index contributed by atoms with van der Waals surface area (Å²) < 4.78 is 18.8. The number of amidine groups is 1. The quantitative estimate of drug-likeness (QED) is 0.491. The van der Waals surface area contributed by atoms with Crippen molar-refractivity contribution in [3.05, 3.63) is 89.4 Å².